The highest BCUT2D eigenvalue weighted by Gasteiger charge is 2.56. The Kier molecular flexibility index (Phi) is 4.71. The van der Waals surface area contributed by atoms with Crippen LogP contribution in [0.4, 0.5) is 0 Å². The second-order valence-electron chi connectivity index (χ2n) is 7.45. The van der Waals surface area contributed by atoms with Gasteiger partial charge in [0.15, 0.2) is 5.69 Å². The number of aliphatic hydroxyl groups is 1. The third-order valence-corrected chi connectivity index (χ3v) is 5.82. The highest BCUT2D eigenvalue weighted by molar-refractivity contribution is 5.92. The van der Waals surface area contributed by atoms with Crippen molar-refractivity contribution in [3.8, 4) is 0 Å². The van der Waals surface area contributed by atoms with Crippen LogP contribution in [-0.2, 0) is 11.8 Å². The van der Waals surface area contributed by atoms with Crippen LogP contribution in [0.5, 0.6) is 0 Å². The van der Waals surface area contributed by atoms with Crippen LogP contribution in [0, 0.1) is 5.41 Å². The second-order valence-corrected chi connectivity index (χ2v) is 7.45. The van der Waals surface area contributed by atoms with Gasteiger partial charge in [-0.1, -0.05) is 13.8 Å². The number of hydrogen-bond acceptors (Lipinski definition) is 4. The van der Waals surface area contributed by atoms with Crippen molar-refractivity contribution < 1.29 is 14.6 Å². The maximum atomic E-state index is 12.8. The molecule has 6 nitrogen and oxygen atoms in total. The Balaban J connectivity index is 1.66. The smallest absolute Gasteiger partial charge is 0.274 e. The Morgan fingerprint density at radius 2 is 2.12 bits per heavy atom. The van der Waals surface area contributed by atoms with Crippen LogP contribution in [0.15, 0.2) is 6.07 Å². The molecule has 3 rings (SSSR count). The summed E-state index contributed by atoms with van der Waals surface area (Å²) in [7, 11) is 1.88. The SMILES string of the molecule is CCO[C@H]1C[C@H](O)C12CCN(C(=O)c1cc(C(C)C)n(C)n1)CC2. The molecule has 1 aromatic heterocycles. The molecule has 134 valence electrons. The molecule has 0 bridgehead atoms. The largest absolute Gasteiger partial charge is 0.392 e. The molecule has 2 heterocycles. The van der Waals surface area contributed by atoms with Crippen molar-refractivity contribution in [2.24, 2.45) is 12.5 Å². The number of carbonyl (C=O) groups excluding carboxylic acids is 1. The van der Waals surface area contributed by atoms with E-state index in [1.54, 1.807) is 4.68 Å². The molecule has 2 atom stereocenters. The molecule has 1 aliphatic heterocycles. The van der Waals surface area contributed by atoms with Gasteiger partial charge in [0, 0.05) is 44.3 Å². The Morgan fingerprint density at radius 1 is 1.46 bits per heavy atom. The van der Waals surface area contributed by atoms with E-state index in [1.807, 2.05) is 24.9 Å². The van der Waals surface area contributed by atoms with E-state index in [-0.39, 0.29) is 23.5 Å². The number of amides is 1. The molecule has 1 saturated heterocycles. The molecular weight excluding hydrogens is 306 g/mol. The fourth-order valence-corrected chi connectivity index (χ4v) is 4.23. The van der Waals surface area contributed by atoms with E-state index in [9.17, 15) is 9.90 Å². The molecule has 1 aliphatic carbocycles. The second kappa shape index (κ2) is 6.48. The molecule has 1 saturated carbocycles. The average Bonchev–Trinajstić information content (AvgIpc) is 2.96. The first-order valence-corrected chi connectivity index (χ1v) is 9.02. The van der Waals surface area contributed by atoms with Crippen LogP contribution < -0.4 is 0 Å². The highest BCUT2D eigenvalue weighted by Crippen LogP contribution is 2.51. The molecule has 0 aromatic carbocycles. The van der Waals surface area contributed by atoms with Gasteiger partial charge in [-0.2, -0.15) is 5.10 Å². The molecule has 1 spiro atoms. The zero-order valence-corrected chi connectivity index (χ0v) is 15.2. The van der Waals surface area contributed by atoms with Gasteiger partial charge in [0.1, 0.15) is 0 Å². The topological polar surface area (TPSA) is 67.6 Å². The Hall–Kier alpha value is -1.40. The normalized spacial score (nSPS) is 26.0. The molecular formula is C18H29N3O3. The zero-order chi connectivity index (χ0) is 17.5. The molecule has 2 aliphatic rings. The molecule has 0 unspecified atom stereocenters. The number of aliphatic hydroxyl groups excluding tert-OH is 1. The van der Waals surface area contributed by atoms with Crippen molar-refractivity contribution >= 4 is 5.91 Å². The summed E-state index contributed by atoms with van der Waals surface area (Å²) in [4.78, 5) is 14.6. The van der Waals surface area contributed by atoms with E-state index in [2.05, 4.69) is 18.9 Å². The quantitative estimate of drug-likeness (QED) is 0.913. The van der Waals surface area contributed by atoms with Crippen LogP contribution in [0.2, 0.25) is 0 Å². The minimum Gasteiger partial charge on any atom is -0.392 e. The zero-order valence-electron chi connectivity index (χ0n) is 15.2. The van der Waals surface area contributed by atoms with Crippen molar-refractivity contribution in [3.05, 3.63) is 17.5 Å². The van der Waals surface area contributed by atoms with E-state index in [1.165, 1.54) is 0 Å². The van der Waals surface area contributed by atoms with Gasteiger partial charge in [-0.05, 0) is 31.7 Å². The van der Waals surface area contributed by atoms with Gasteiger partial charge >= 0.3 is 0 Å². The molecule has 2 fully saturated rings. The summed E-state index contributed by atoms with van der Waals surface area (Å²) in [5.41, 5.74) is 1.44. The van der Waals surface area contributed by atoms with Gasteiger partial charge in [0.2, 0.25) is 0 Å². The lowest BCUT2D eigenvalue weighted by molar-refractivity contribution is -0.207. The van der Waals surface area contributed by atoms with Crippen LogP contribution in [-0.4, -0.2) is 57.6 Å². The van der Waals surface area contributed by atoms with Gasteiger partial charge in [0.05, 0.1) is 12.2 Å². The van der Waals surface area contributed by atoms with Crippen LogP contribution >= 0.6 is 0 Å². The van der Waals surface area contributed by atoms with Crippen LogP contribution in [0.25, 0.3) is 0 Å². The summed E-state index contributed by atoms with van der Waals surface area (Å²) in [6.45, 7) is 8.18. The number of rotatable bonds is 4. The van der Waals surface area contributed by atoms with Crippen molar-refractivity contribution in [2.45, 2.75) is 58.2 Å². The highest BCUT2D eigenvalue weighted by atomic mass is 16.5. The summed E-state index contributed by atoms with van der Waals surface area (Å²) in [6, 6.07) is 1.90. The summed E-state index contributed by atoms with van der Waals surface area (Å²) >= 11 is 0. The summed E-state index contributed by atoms with van der Waals surface area (Å²) in [5.74, 6) is 0.333. The third-order valence-electron chi connectivity index (χ3n) is 5.82. The van der Waals surface area contributed by atoms with E-state index < -0.39 is 0 Å². The first-order valence-electron chi connectivity index (χ1n) is 9.02. The number of aryl methyl sites for hydroxylation is 1. The minimum absolute atomic E-state index is 0.00544. The van der Waals surface area contributed by atoms with Crippen molar-refractivity contribution in [1.29, 1.82) is 0 Å². The lowest BCUT2D eigenvalue weighted by Gasteiger charge is -2.56. The lowest BCUT2D eigenvalue weighted by atomic mass is 9.58. The molecule has 1 N–H and O–H groups in total. The number of ether oxygens (including phenoxy) is 1. The predicted octanol–water partition coefficient (Wildman–Crippen LogP) is 1.94. The Bertz CT molecular complexity index is 601. The predicted molar refractivity (Wildman–Crippen MR) is 90.9 cm³/mol. The van der Waals surface area contributed by atoms with Gasteiger partial charge in [0.25, 0.3) is 5.91 Å². The van der Waals surface area contributed by atoms with Crippen LogP contribution in [0.1, 0.15) is 62.1 Å². The first-order chi connectivity index (χ1) is 11.4. The summed E-state index contributed by atoms with van der Waals surface area (Å²) < 4.78 is 7.58. The van der Waals surface area contributed by atoms with Gasteiger partial charge in [-0.25, -0.2) is 0 Å². The third kappa shape index (κ3) is 2.75. The Labute approximate surface area is 143 Å². The number of likely N-dealkylation sites (tertiary alicyclic amines) is 1. The number of piperidine rings is 1. The van der Waals surface area contributed by atoms with E-state index in [4.69, 9.17) is 4.74 Å². The molecule has 6 heteroatoms. The first kappa shape index (κ1) is 17.4. The molecule has 1 amide bonds. The lowest BCUT2D eigenvalue weighted by Crippen LogP contribution is -2.62. The van der Waals surface area contributed by atoms with Crippen molar-refractivity contribution in [3.63, 3.8) is 0 Å². The molecule has 24 heavy (non-hydrogen) atoms. The minimum atomic E-state index is -0.298. The molecule has 0 radical (unpaired) electrons. The Morgan fingerprint density at radius 3 is 2.62 bits per heavy atom. The van der Waals surface area contributed by atoms with Gasteiger partial charge < -0.3 is 14.7 Å². The number of carbonyl (C=O) groups is 1. The monoisotopic (exact) mass is 335 g/mol. The van der Waals surface area contributed by atoms with E-state index >= 15 is 0 Å². The van der Waals surface area contributed by atoms with Crippen LogP contribution in [0.3, 0.4) is 0 Å². The number of aromatic nitrogens is 2. The summed E-state index contributed by atoms with van der Waals surface area (Å²) in [6.07, 6.45) is 2.16. The standard InChI is InChI=1S/C18H29N3O3/c1-5-24-16-11-15(22)18(16)6-8-21(9-7-18)17(23)13-10-14(12(2)3)20(4)19-13/h10,12,15-16,22H,5-9,11H2,1-4H3/t15-,16-/m0/s1. The fourth-order valence-electron chi connectivity index (χ4n) is 4.23. The fraction of sp³-hybridized carbons (Fsp3) is 0.778. The molecule has 1 aromatic rings. The van der Waals surface area contributed by atoms with Crippen molar-refractivity contribution in [1.82, 2.24) is 14.7 Å². The number of hydrogen-bond donors (Lipinski definition) is 1. The van der Waals surface area contributed by atoms with E-state index in [0.29, 0.717) is 31.3 Å². The maximum Gasteiger partial charge on any atom is 0.274 e. The number of nitrogens with zero attached hydrogens (tertiary/aromatic N) is 3. The van der Waals surface area contributed by atoms with Gasteiger partial charge in [-0.3, -0.25) is 9.48 Å². The van der Waals surface area contributed by atoms with Crippen molar-refractivity contribution in [2.75, 3.05) is 19.7 Å². The van der Waals surface area contributed by atoms with Gasteiger partial charge in [-0.15, -0.1) is 0 Å². The average molecular weight is 335 g/mol. The van der Waals surface area contributed by atoms with E-state index in [0.717, 1.165) is 25.0 Å². The summed E-state index contributed by atoms with van der Waals surface area (Å²) in [5, 5.41) is 14.7. The maximum absolute atomic E-state index is 12.8.